The Bertz CT molecular complexity index is 695. The van der Waals surface area contributed by atoms with Gasteiger partial charge in [-0.15, -0.1) is 0 Å². The molecule has 0 saturated carbocycles. The van der Waals surface area contributed by atoms with E-state index in [0.717, 1.165) is 13.1 Å². The summed E-state index contributed by atoms with van der Waals surface area (Å²) < 4.78 is 5.24. The van der Waals surface area contributed by atoms with Crippen LogP contribution in [0.4, 0.5) is 0 Å². The number of carbonyl (C=O) groups excluding carboxylic acids is 1. The van der Waals surface area contributed by atoms with Gasteiger partial charge < -0.3 is 9.42 Å². The third-order valence-corrected chi connectivity index (χ3v) is 4.48. The molecule has 0 spiro atoms. The van der Waals surface area contributed by atoms with Gasteiger partial charge >= 0.3 is 0 Å². The van der Waals surface area contributed by atoms with E-state index in [1.807, 2.05) is 24.0 Å². The van der Waals surface area contributed by atoms with Crippen LogP contribution in [0.2, 0.25) is 5.02 Å². The standard InChI is InChI=1S/C16H19ClN4O2/c1-11(15-18-12(2)19-23-15)20-7-9-21(10-8-20)16(22)13-5-3-4-6-14(13)17/h3-6,11H,7-10H2,1-2H3. The van der Waals surface area contributed by atoms with Crippen LogP contribution >= 0.6 is 11.6 Å². The summed E-state index contributed by atoms with van der Waals surface area (Å²) in [7, 11) is 0. The molecular formula is C16H19ClN4O2. The van der Waals surface area contributed by atoms with E-state index in [4.69, 9.17) is 16.1 Å². The highest BCUT2D eigenvalue weighted by Gasteiger charge is 2.28. The highest BCUT2D eigenvalue weighted by Crippen LogP contribution is 2.22. The van der Waals surface area contributed by atoms with Gasteiger partial charge in [0.1, 0.15) is 0 Å². The molecule has 0 aliphatic carbocycles. The summed E-state index contributed by atoms with van der Waals surface area (Å²) in [4.78, 5) is 20.9. The van der Waals surface area contributed by atoms with E-state index < -0.39 is 0 Å². The summed E-state index contributed by atoms with van der Waals surface area (Å²) in [5.41, 5.74) is 0.559. The van der Waals surface area contributed by atoms with Crippen LogP contribution in [0.15, 0.2) is 28.8 Å². The Balaban J connectivity index is 1.62. The molecule has 2 aromatic rings. The molecule has 1 aliphatic rings. The van der Waals surface area contributed by atoms with Crippen LogP contribution in [0.25, 0.3) is 0 Å². The number of piperazine rings is 1. The zero-order valence-corrected chi connectivity index (χ0v) is 14.0. The lowest BCUT2D eigenvalue weighted by molar-refractivity contribution is 0.0552. The summed E-state index contributed by atoms with van der Waals surface area (Å²) in [6.45, 7) is 6.68. The number of rotatable bonds is 3. The van der Waals surface area contributed by atoms with E-state index in [1.54, 1.807) is 19.1 Å². The molecule has 0 radical (unpaired) electrons. The normalized spacial score (nSPS) is 17.3. The van der Waals surface area contributed by atoms with Crippen molar-refractivity contribution in [3.63, 3.8) is 0 Å². The minimum atomic E-state index is -0.0171. The Morgan fingerprint density at radius 2 is 1.96 bits per heavy atom. The fraction of sp³-hybridized carbons (Fsp3) is 0.438. The first kappa shape index (κ1) is 16.0. The second-order valence-corrected chi connectivity index (χ2v) is 6.07. The van der Waals surface area contributed by atoms with Crippen molar-refractivity contribution in [2.24, 2.45) is 0 Å². The van der Waals surface area contributed by atoms with Crippen molar-refractivity contribution in [3.05, 3.63) is 46.6 Å². The van der Waals surface area contributed by atoms with Gasteiger partial charge in [0, 0.05) is 26.2 Å². The minimum Gasteiger partial charge on any atom is -0.338 e. The fourth-order valence-electron chi connectivity index (χ4n) is 2.76. The zero-order chi connectivity index (χ0) is 16.4. The largest absolute Gasteiger partial charge is 0.338 e. The van der Waals surface area contributed by atoms with E-state index >= 15 is 0 Å². The Labute approximate surface area is 140 Å². The summed E-state index contributed by atoms with van der Waals surface area (Å²) in [6, 6.07) is 7.21. The SMILES string of the molecule is Cc1noc(C(C)N2CCN(C(=O)c3ccccc3Cl)CC2)n1. The minimum absolute atomic E-state index is 0.0171. The van der Waals surface area contributed by atoms with Crippen molar-refractivity contribution in [1.82, 2.24) is 19.9 Å². The molecule has 1 atom stereocenters. The van der Waals surface area contributed by atoms with E-state index in [9.17, 15) is 4.79 Å². The highest BCUT2D eigenvalue weighted by molar-refractivity contribution is 6.33. The third-order valence-electron chi connectivity index (χ3n) is 4.15. The first-order chi connectivity index (χ1) is 11.1. The van der Waals surface area contributed by atoms with E-state index in [1.165, 1.54) is 0 Å². The van der Waals surface area contributed by atoms with E-state index in [0.29, 0.717) is 35.4 Å². The topological polar surface area (TPSA) is 62.5 Å². The molecule has 1 unspecified atom stereocenters. The maximum absolute atomic E-state index is 12.6. The molecule has 23 heavy (non-hydrogen) atoms. The van der Waals surface area contributed by atoms with Crippen LogP contribution < -0.4 is 0 Å². The van der Waals surface area contributed by atoms with Gasteiger partial charge in [-0.1, -0.05) is 28.9 Å². The second kappa shape index (κ2) is 6.68. The van der Waals surface area contributed by atoms with Crippen LogP contribution in [0.3, 0.4) is 0 Å². The van der Waals surface area contributed by atoms with Crippen LogP contribution in [0, 0.1) is 6.92 Å². The fourth-order valence-corrected chi connectivity index (χ4v) is 2.97. The molecule has 3 rings (SSSR count). The number of hydrogen-bond donors (Lipinski definition) is 0. The summed E-state index contributed by atoms with van der Waals surface area (Å²) in [6.07, 6.45) is 0. The second-order valence-electron chi connectivity index (χ2n) is 5.66. The summed E-state index contributed by atoms with van der Waals surface area (Å²) in [5, 5.41) is 4.33. The Hall–Kier alpha value is -1.92. The van der Waals surface area contributed by atoms with Crippen molar-refractivity contribution in [2.45, 2.75) is 19.9 Å². The first-order valence-corrected chi connectivity index (χ1v) is 8.02. The lowest BCUT2D eigenvalue weighted by atomic mass is 10.1. The molecule has 6 nitrogen and oxygen atoms in total. The van der Waals surface area contributed by atoms with E-state index in [-0.39, 0.29) is 11.9 Å². The molecule has 2 heterocycles. The third kappa shape index (κ3) is 3.38. The number of nitrogens with zero attached hydrogens (tertiary/aromatic N) is 4. The summed E-state index contributed by atoms with van der Waals surface area (Å²) >= 11 is 6.11. The van der Waals surface area contributed by atoms with Crippen LogP contribution in [0.5, 0.6) is 0 Å². The highest BCUT2D eigenvalue weighted by atomic mass is 35.5. The number of aromatic nitrogens is 2. The average molecular weight is 335 g/mol. The van der Waals surface area contributed by atoms with Gasteiger partial charge in [-0.05, 0) is 26.0 Å². The molecular weight excluding hydrogens is 316 g/mol. The molecule has 1 amide bonds. The number of aryl methyl sites for hydroxylation is 1. The molecule has 0 N–H and O–H groups in total. The molecule has 122 valence electrons. The number of amides is 1. The maximum Gasteiger partial charge on any atom is 0.255 e. The van der Waals surface area contributed by atoms with Crippen molar-refractivity contribution in [2.75, 3.05) is 26.2 Å². The van der Waals surface area contributed by atoms with Crippen molar-refractivity contribution >= 4 is 17.5 Å². The first-order valence-electron chi connectivity index (χ1n) is 7.64. The van der Waals surface area contributed by atoms with Crippen LogP contribution in [0.1, 0.15) is 35.0 Å². The number of hydrogen-bond acceptors (Lipinski definition) is 5. The molecule has 7 heteroatoms. The van der Waals surface area contributed by atoms with Crippen LogP contribution in [-0.4, -0.2) is 52.0 Å². The van der Waals surface area contributed by atoms with E-state index in [2.05, 4.69) is 15.0 Å². The zero-order valence-electron chi connectivity index (χ0n) is 13.2. The van der Waals surface area contributed by atoms with Gasteiger partial charge in [0.15, 0.2) is 5.82 Å². The van der Waals surface area contributed by atoms with Gasteiger partial charge in [0.2, 0.25) is 5.89 Å². The lowest BCUT2D eigenvalue weighted by Crippen LogP contribution is -2.49. The molecule has 1 aliphatic heterocycles. The Morgan fingerprint density at radius 1 is 1.26 bits per heavy atom. The average Bonchev–Trinajstić information content (AvgIpc) is 3.01. The van der Waals surface area contributed by atoms with Gasteiger partial charge in [-0.2, -0.15) is 4.98 Å². The molecule has 1 aromatic heterocycles. The van der Waals surface area contributed by atoms with Crippen molar-refractivity contribution < 1.29 is 9.32 Å². The van der Waals surface area contributed by atoms with Crippen molar-refractivity contribution in [1.29, 1.82) is 0 Å². The molecule has 1 aromatic carbocycles. The number of carbonyl (C=O) groups is 1. The number of benzene rings is 1. The monoisotopic (exact) mass is 334 g/mol. The predicted octanol–water partition coefficient (Wildman–Crippen LogP) is 2.55. The predicted molar refractivity (Wildman–Crippen MR) is 86.4 cm³/mol. The smallest absolute Gasteiger partial charge is 0.255 e. The van der Waals surface area contributed by atoms with Gasteiger partial charge in [-0.25, -0.2) is 0 Å². The Morgan fingerprint density at radius 3 is 2.57 bits per heavy atom. The van der Waals surface area contributed by atoms with Crippen molar-refractivity contribution in [3.8, 4) is 0 Å². The van der Waals surface area contributed by atoms with Gasteiger partial charge in [0.05, 0.1) is 16.6 Å². The van der Waals surface area contributed by atoms with Gasteiger partial charge in [-0.3, -0.25) is 9.69 Å². The Kier molecular flexibility index (Phi) is 4.63. The van der Waals surface area contributed by atoms with Gasteiger partial charge in [0.25, 0.3) is 5.91 Å². The molecule has 0 bridgehead atoms. The number of halogens is 1. The molecule has 1 saturated heterocycles. The van der Waals surface area contributed by atoms with Crippen LogP contribution in [-0.2, 0) is 0 Å². The maximum atomic E-state index is 12.6. The lowest BCUT2D eigenvalue weighted by Gasteiger charge is -2.36. The quantitative estimate of drug-likeness (QED) is 0.863. The summed E-state index contributed by atoms with van der Waals surface area (Å²) in [5.74, 6) is 1.24. The molecule has 1 fully saturated rings.